The van der Waals surface area contributed by atoms with Crippen molar-refractivity contribution in [2.75, 3.05) is 12.4 Å². The number of aromatic nitrogens is 4. The fourth-order valence-electron chi connectivity index (χ4n) is 2.19. The molecule has 1 amide bonds. The van der Waals surface area contributed by atoms with Crippen LogP contribution in [0, 0.1) is 5.82 Å². The molecule has 24 heavy (non-hydrogen) atoms. The average Bonchev–Trinajstić information content (AvgIpc) is 3.10. The topological polar surface area (TPSA) is 81.9 Å². The minimum Gasteiger partial charge on any atom is -0.494 e. The molecule has 3 rings (SSSR count). The predicted molar refractivity (Wildman–Crippen MR) is 84.4 cm³/mol. The fraction of sp³-hybridized carbons (Fsp3) is 0.125. The van der Waals surface area contributed by atoms with E-state index in [2.05, 4.69) is 20.4 Å². The Labute approximate surface area is 137 Å². The van der Waals surface area contributed by atoms with Gasteiger partial charge in [0, 0.05) is 12.4 Å². The Morgan fingerprint density at radius 2 is 2.29 bits per heavy atom. The Morgan fingerprint density at radius 3 is 3.00 bits per heavy atom. The summed E-state index contributed by atoms with van der Waals surface area (Å²) >= 11 is 0. The van der Waals surface area contributed by atoms with Gasteiger partial charge in [-0.05, 0) is 23.8 Å². The third kappa shape index (κ3) is 3.37. The number of hydrogen-bond acceptors (Lipinski definition) is 5. The quantitative estimate of drug-likeness (QED) is 0.775. The second-order valence-corrected chi connectivity index (χ2v) is 4.90. The van der Waals surface area contributed by atoms with Crippen molar-refractivity contribution in [1.29, 1.82) is 0 Å². The van der Waals surface area contributed by atoms with Gasteiger partial charge in [0.15, 0.2) is 17.4 Å². The minimum atomic E-state index is -0.511. The first-order valence-corrected chi connectivity index (χ1v) is 7.09. The van der Waals surface area contributed by atoms with E-state index in [-0.39, 0.29) is 18.1 Å². The van der Waals surface area contributed by atoms with Crippen LogP contribution in [-0.4, -0.2) is 32.8 Å². The van der Waals surface area contributed by atoms with Crippen molar-refractivity contribution in [3.63, 3.8) is 0 Å². The number of carbonyl (C=O) groups is 1. The fourth-order valence-corrected chi connectivity index (χ4v) is 2.19. The van der Waals surface area contributed by atoms with Gasteiger partial charge in [0.25, 0.3) is 0 Å². The first-order chi connectivity index (χ1) is 11.7. The maximum absolute atomic E-state index is 13.7. The molecule has 0 atom stereocenters. The number of carbonyl (C=O) groups excluding carboxylic acids is 1. The van der Waals surface area contributed by atoms with Gasteiger partial charge in [-0.25, -0.2) is 19.0 Å². The van der Waals surface area contributed by atoms with E-state index in [4.69, 9.17) is 4.74 Å². The van der Waals surface area contributed by atoms with E-state index < -0.39 is 5.82 Å². The van der Waals surface area contributed by atoms with Gasteiger partial charge in [-0.2, -0.15) is 5.10 Å². The Morgan fingerprint density at radius 1 is 1.42 bits per heavy atom. The van der Waals surface area contributed by atoms with Gasteiger partial charge >= 0.3 is 0 Å². The van der Waals surface area contributed by atoms with Crippen molar-refractivity contribution in [2.45, 2.75) is 6.42 Å². The van der Waals surface area contributed by atoms with E-state index in [1.54, 1.807) is 24.5 Å². The number of anilines is 1. The molecule has 0 fully saturated rings. The Kier molecular flexibility index (Phi) is 4.46. The highest BCUT2D eigenvalue weighted by Gasteiger charge is 2.12. The van der Waals surface area contributed by atoms with Crippen LogP contribution in [0.15, 0.2) is 49.2 Å². The summed E-state index contributed by atoms with van der Waals surface area (Å²) in [4.78, 5) is 20.2. The molecular weight excluding hydrogens is 313 g/mol. The van der Waals surface area contributed by atoms with Crippen LogP contribution in [0.25, 0.3) is 5.82 Å². The number of halogens is 1. The molecule has 0 spiro atoms. The van der Waals surface area contributed by atoms with Crippen molar-refractivity contribution in [3.8, 4) is 11.6 Å². The van der Waals surface area contributed by atoms with Gasteiger partial charge in [-0.3, -0.25) is 4.79 Å². The van der Waals surface area contributed by atoms with Gasteiger partial charge < -0.3 is 10.1 Å². The van der Waals surface area contributed by atoms with Crippen LogP contribution in [-0.2, 0) is 11.2 Å². The Bertz CT molecular complexity index is 851. The molecule has 0 unspecified atom stereocenters. The lowest BCUT2D eigenvalue weighted by atomic mass is 10.1. The molecule has 2 aromatic heterocycles. The summed E-state index contributed by atoms with van der Waals surface area (Å²) < 4.78 is 20.1. The molecule has 0 saturated heterocycles. The van der Waals surface area contributed by atoms with Gasteiger partial charge in [0.1, 0.15) is 12.0 Å². The van der Waals surface area contributed by atoms with Crippen LogP contribution in [0.1, 0.15) is 5.56 Å². The molecule has 2 heterocycles. The molecule has 0 saturated carbocycles. The number of nitrogens with one attached hydrogen (secondary N) is 1. The third-order valence-electron chi connectivity index (χ3n) is 3.27. The van der Waals surface area contributed by atoms with Crippen molar-refractivity contribution in [3.05, 3.63) is 60.6 Å². The Hall–Kier alpha value is -3.29. The monoisotopic (exact) mass is 327 g/mol. The average molecular weight is 327 g/mol. The van der Waals surface area contributed by atoms with Crippen molar-refractivity contribution < 1.29 is 13.9 Å². The lowest BCUT2D eigenvalue weighted by Crippen LogP contribution is -2.17. The smallest absolute Gasteiger partial charge is 0.228 e. The zero-order chi connectivity index (χ0) is 16.9. The lowest BCUT2D eigenvalue weighted by Gasteiger charge is -2.10. The minimum absolute atomic E-state index is 0.00829. The number of hydrogen-bond donors (Lipinski definition) is 1. The molecule has 7 nitrogen and oxygen atoms in total. The van der Waals surface area contributed by atoms with Crippen LogP contribution in [0.4, 0.5) is 10.1 Å². The molecule has 8 heteroatoms. The first-order valence-electron chi connectivity index (χ1n) is 7.09. The maximum atomic E-state index is 13.7. The number of benzene rings is 1. The molecule has 3 aromatic rings. The van der Waals surface area contributed by atoms with E-state index >= 15 is 0 Å². The van der Waals surface area contributed by atoms with E-state index in [1.165, 1.54) is 36.4 Å². The van der Waals surface area contributed by atoms with E-state index in [9.17, 15) is 9.18 Å². The van der Waals surface area contributed by atoms with Gasteiger partial charge in [-0.1, -0.05) is 6.07 Å². The van der Waals surface area contributed by atoms with Crippen molar-refractivity contribution >= 4 is 11.6 Å². The second kappa shape index (κ2) is 6.86. The van der Waals surface area contributed by atoms with Crippen LogP contribution < -0.4 is 10.1 Å². The Balaban J connectivity index is 1.75. The second-order valence-electron chi connectivity index (χ2n) is 4.90. The summed E-state index contributed by atoms with van der Waals surface area (Å²) in [6.45, 7) is 0. The zero-order valence-corrected chi connectivity index (χ0v) is 12.8. The van der Waals surface area contributed by atoms with Crippen LogP contribution in [0.5, 0.6) is 5.75 Å². The van der Waals surface area contributed by atoms with E-state index in [0.29, 0.717) is 17.1 Å². The molecule has 0 bridgehead atoms. The van der Waals surface area contributed by atoms with Crippen LogP contribution in [0.2, 0.25) is 0 Å². The summed E-state index contributed by atoms with van der Waals surface area (Å²) in [5.74, 6) is -0.244. The molecule has 1 N–H and O–H groups in total. The van der Waals surface area contributed by atoms with Gasteiger partial charge in [-0.15, -0.1) is 0 Å². The molecule has 0 aliphatic heterocycles. The summed E-state index contributed by atoms with van der Waals surface area (Å²) in [5.41, 5.74) is 0.948. The van der Waals surface area contributed by atoms with Crippen LogP contribution in [0.3, 0.4) is 0 Å². The summed E-state index contributed by atoms with van der Waals surface area (Å²) in [6.07, 6.45) is 6.17. The molecular formula is C16H14FN5O2. The number of amides is 1. The van der Waals surface area contributed by atoms with Crippen LogP contribution >= 0.6 is 0 Å². The normalized spacial score (nSPS) is 10.4. The first kappa shape index (κ1) is 15.6. The number of ether oxygens (including phenoxy) is 1. The standard InChI is InChI=1S/C16H14FN5O2/c1-24-14-4-3-11(7-12(14)17)8-15(23)21-13-9-18-10-19-16(13)22-6-2-5-20-22/h2-7,9-10H,8H2,1H3,(H,21,23). The number of rotatable bonds is 5. The van der Waals surface area contributed by atoms with E-state index in [0.717, 1.165) is 0 Å². The van der Waals surface area contributed by atoms with Gasteiger partial charge in [0.2, 0.25) is 5.91 Å². The van der Waals surface area contributed by atoms with E-state index in [1.807, 2.05) is 0 Å². The number of methoxy groups -OCH3 is 1. The third-order valence-corrected chi connectivity index (χ3v) is 3.27. The highest BCUT2D eigenvalue weighted by atomic mass is 19.1. The number of nitrogens with zero attached hydrogens (tertiary/aromatic N) is 4. The molecule has 1 aromatic carbocycles. The molecule has 0 aliphatic carbocycles. The summed E-state index contributed by atoms with van der Waals surface area (Å²) in [6, 6.07) is 6.14. The van der Waals surface area contributed by atoms with Crippen molar-refractivity contribution in [1.82, 2.24) is 19.7 Å². The molecule has 0 radical (unpaired) electrons. The molecule has 122 valence electrons. The molecule has 0 aliphatic rings. The SMILES string of the molecule is COc1ccc(CC(=O)Nc2cncnc2-n2cccn2)cc1F. The largest absolute Gasteiger partial charge is 0.494 e. The highest BCUT2D eigenvalue weighted by Crippen LogP contribution is 2.19. The summed E-state index contributed by atoms with van der Waals surface area (Å²) in [7, 11) is 1.39. The summed E-state index contributed by atoms with van der Waals surface area (Å²) in [5, 5.41) is 6.80. The zero-order valence-electron chi connectivity index (χ0n) is 12.8. The van der Waals surface area contributed by atoms with Gasteiger partial charge in [0.05, 0.1) is 19.7 Å². The van der Waals surface area contributed by atoms with Crippen molar-refractivity contribution in [2.24, 2.45) is 0 Å². The maximum Gasteiger partial charge on any atom is 0.228 e. The lowest BCUT2D eigenvalue weighted by molar-refractivity contribution is -0.115. The predicted octanol–water partition coefficient (Wildman–Crippen LogP) is 1.99. The highest BCUT2D eigenvalue weighted by molar-refractivity contribution is 5.93.